The molecule has 0 fully saturated rings. The Morgan fingerprint density at radius 2 is 1.70 bits per heavy atom. The highest BCUT2D eigenvalue weighted by Gasteiger charge is 2.20. The van der Waals surface area contributed by atoms with Gasteiger partial charge in [-0.25, -0.2) is 0 Å². The Bertz CT molecular complexity index is 772. The predicted molar refractivity (Wildman–Crippen MR) is 78.6 cm³/mol. The van der Waals surface area contributed by atoms with Crippen LogP contribution < -0.4 is 0 Å². The zero-order valence-electron chi connectivity index (χ0n) is 11.0. The van der Waals surface area contributed by atoms with Crippen LogP contribution in [0.5, 0.6) is 0 Å². The molecule has 0 atom stereocenters. The third kappa shape index (κ3) is 2.40. The molecule has 102 valence electrons. The van der Waals surface area contributed by atoms with E-state index in [2.05, 4.69) is 0 Å². The van der Waals surface area contributed by atoms with Crippen LogP contribution in [0.25, 0.3) is 11.6 Å². The molecular weight excluding hydrogens is 272 g/mol. The van der Waals surface area contributed by atoms with E-state index in [4.69, 9.17) is 4.18 Å². The predicted octanol–water partition coefficient (Wildman–Crippen LogP) is 3.25. The van der Waals surface area contributed by atoms with Crippen molar-refractivity contribution < 1.29 is 12.6 Å². The molecule has 0 amide bonds. The van der Waals surface area contributed by atoms with Crippen LogP contribution in [0, 0.1) is 6.92 Å². The average molecular weight is 286 g/mol. The highest BCUT2D eigenvalue weighted by molar-refractivity contribution is 7.86. The van der Waals surface area contributed by atoms with E-state index in [1.807, 2.05) is 37.3 Å². The molecule has 0 bridgehead atoms. The molecule has 0 aliphatic heterocycles. The number of hydrogen-bond acceptors (Lipinski definition) is 3. The summed E-state index contributed by atoms with van der Waals surface area (Å²) in [5.41, 5.74) is 4.11. The quantitative estimate of drug-likeness (QED) is 0.810. The maximum Gasteiger partial charge on any atom is 0.297 e. The normalized spacial score (nSPS) is 13.3. The van der Waals surface area contributed by atoms with Gasteiger partial charge in [-0.05, 0) is 41.8 Å². The van der Waals surface area contributed by atoms with Crippen molar-refractivity contribution in [1.82, 2.24) is 0 Å². The first kappa shape index (κ1) is 13.1. The molecule has 4 heteroatoms. The van der Waals surface area contributed by atoms with E-state index in [1.165, 1.54) is 0 Å². The van der Waals surface area contributed by atoms with Crippen molar-refractivity contribution in [2.45, 2.75) is 11.8 Å². The Balaban J connectivity index is 1.72. The largest absolute Gasteiger partial charge is 0.297 e. The van der Waals surface area contributed by atoms with E-state index in [1.54, 1.807) is 24.3 Å². The van der Waals surface area contributed by atoms with E-state index >= 15 is 0 Å². The van der Waals surface area contributed by atoms with Crippen molar-refractivity contribution in [3.63, 3.8) is 0 Å². The summed E-state index contributed by atoms with van der Waals surface area (Å²) in [6, 6.07) is 14.5. The van der Waals surface area contributed by atoms with E-state index in [0.29, 0.717) is 0 Å². The minimum absolute atomic E-state index is 0.0766. The van der Waals surface area contributed by atoms with E-state index in [9.17, 15) is 8.42 Å². The lowest BCUT2D eigenvalue weighted by Crippen LogP contribution is -2.11. The third-order valence-corrected chi connectivity index (χ3v) is 4.59. The Labute approximate surface area is 118 Å². The first-order chi connectivity index (χ1) is 9.56. The van der Waals surface area contributed by atoms with Crippen LogP contribution >= 0.6 is 0 Å². The Hall–Kier alpha value is -1.91. The summed E-state index contributed by atoms with van der Waals surface area (Å²) in [5, 5.41) is 0. The first-order valence-corrected chi connectivity index (χ1v) is 7.73. The molecule has 0 spiro atoms. The molecule has 1 aliphatic rings. The van der Waals surface area contributed by atoms with Gasteiger partial charge in [-0.15, -0.1) is 0 Å². The first-order valence-electron chi connectivity index (χ1n) is 6.32. The molecule has 0 unspecified atom stereocenters. The standard InChI is InChI=1S/C16H14O3S/c1-12-6-8-15(9-7-12)20(17,18)19-11-14-10-13-4-2-3-5-16(13)14/h2-10H,11H2,1H3. The number of fused-ring (bicyclic) bond motifs is 1. The Kier molecular flexibility index (Phi) is 3.20. The molecule has 0 N–H and O–H groups in total. The van der Waals surface area contributed by atoms with Crippen molar-refractivity contribution >= 4 is 21.8 Å². The molecule has 20 heavy (non-hydrogen) atoms. The number of hydrogen-bond donors (Lipinski definition) is 0. The summed E-state index contributed by atoms with van der Waals surface area (Å²) in [6.07, 6.45) is 1.94. The van der Waals surface area contributed by atoms with Crippen LogP contribution in [-0.4, -0.2) is 15.0 Å². The van der Waals surface area contributed by atoms with Crippen LogP contribution in [-0.2, 0) is 14.3 Å². The number of benzene rings is 2. The van der Waals surface area contributed by atoms with Crippen LogP contribution in [0.4, 0.5) is 0 Å². The third-order valence-electron chi connectivity index (χ3n) is 3.32. The zero-order valence-corrected chi connectivity index (χ0v) is 11.9. The fourth-order valence-corrected chi connectivity index (χ4v) is 3.02. The second-order valence-electron chi connectivity index (χ2n) is 4.79. The van der Waals surface area contributed by atoms with Gasteiger partial charge in [-0.1, -0.05) is 42.0 Å². The molecular formula is C16H14O3S. The fraction of sp³-hybridized carbons (Fsp3) is 0.125. The molecule has 3 rings (SSSR count). The molecule has 1 aliphatic carbocycles. The van der Waals surface area contributed by atoms with Gasteiger partial charge >= 0.3 is 0 Å². The molecule has 0 saturated heterocycles. The van der Waals surface area contributed by atoms with Crippen LogP contribution in [0.15, 0.2) is 53.4 Å². The highest BCUT2D eigenvalue weighted by Crippen LogP contribution is 2.32. The minimum atomic E-state index is -3.69. The second kappa shape index (κ2) is 4.89. The summed E-state index contributed by atoms with van der Waals surface area (Å²) >= 11 is 0. The average Bonchev–Trinajstić information content (AvgIpc) is 2.40. The van der Waals surface area contributed by atoms with E-state index < -0.39 is 10.1 Å². The smallest absolute Gasteiger partial charge is 0.262 e. The van der Waals surface area contributed by atoms with Gasteiger partial charge in [0.25, 0.3) is 10.1 Å². The van der Waals surface area contributed by atoms with Crippen molar-refractivity contribution in [2.75, 3.05) is 6.61 Å². The van der Waals surface area contributed by atoms with Crippen molar-refractivity contribution in [3.05, 3.63) is 65.2 Å². The van der Waals surface area contributed by atoms with Gasteiger partial charge in [-0.3, -0.25) is 4.18 Å². The summed E-state index contributed by atoms with van der Waals surface area (Å²) in [7, 11) is -3.69. The minimum Gasteiger partial charge on any atom is -0.262 e. The number of aryl methyl sites for hydroxylation is 1. The molecule has 3 nitrogen and oxygen atoms in total. The van der Waals surface area contributed by atoms with Gasteiger partial charge in [0, 0.05) is 0 Å². The SMILES string of the molecule is Cc1ccc(S(=O)(=O)OCC2=Cc3ccccc32)cc1. The van der Waals surface area contributed by atoms with Gasteiger partial charge in [0.05, 0.1) is 11.5 Å². The lowest BCUT2D eigenvalue weighted by Gasteiger charge is -2.19. The monoisotopic (exact) mass is 286 g/mol. The van der Waals surface area contributed by atoms with Gasteiger partial charge in [-0.2, -0.15) is 8.42 Å². The van der Waals surface area contributed by atoms with Gasteiger partial charge in [0.2, 0.25) is 0 Å². The summed E-state index contributed by atoms with van der Waals surface area (Å²) < 4.78 is 29.2. The zero-order chi connectivity index (χ0) is 14.2. The maximum atomic E-state index is 12.1. The molecule has 2 aromatic carbocycles. The van der Waals surface area contributed by atoms with E-state index in [-0.39, 0.29) is 11.5 Å². The maximum absolute atomic E-state index is 12.1. The van der Waals surface area contributed by atoms with Crippen molar-refractivity contribution in [1.29, 1.82) is 0 Å². The van der Waals surface area contributed by atoms with Gasteiger partial charge in [0.1, 0.15) is 0 Å². The highest BCUT2D eigenvalue weighted by atomic mass is 32.2. The molecule has 2 aromatic rings. The van der Waals surface area contributed by atoms with Crippen LogP contribution in [0.2, 0.25) is 0 Å². The second-order valence-corrected chi connectivity index (χ2v) is 6.40. The number of rotatable bonds is 4. The lowest BCUT2D eigenvalue weighted by molar-refractivity contribution is 0.362. The van der Waals surface area contributed by atoms with Crippen molar-refractivity contribution in [3.8, 4) is 0 Å². The Morgan fingerprint density at radius 1 is 1.00 bits per heavy atom. The fourth-order valence-electron chi connectivity index (χ4n) is 2.14. The van der Waals surface area contributed by atoms with Crippen LogP contribution in [0.1, 0.15) is 16.7 Å². The van der Waals surface area contributed by atoms with E-state index in [0.717, 1.165) is 22.3 Å². The van der Waals surface area contributed by atoms with Gasteiger partial charge < -0.3 is 0 Å². The molecule has 0 radical (unpaired) electrons. The van der Waals surface area contributed by atoms with Crippen molar-refractivity contribution in [2.24, 2.45) is 0 Å². The lowest BCUT2D eigenvalue weighted by atomic mass is 9.89. The summed E-state index contributed by atoms with van der Waals surface area (Å²) in [4.78, 5) is 0.191. The summed E-state index contributed by atoms with van der Waals surface area (Å²) in [6.45, 7) is 1.99. The molecule has 0 saturated carbocycles. The van der Waals surface area contributed by atoms with Gasteiger partial charge in [0.15, 0.2) is 0 Å². The Morgan fingerprint density at radius 3 is 2.40 bits per heavy atom. The molecule has 0 heterocycles. The van der Waals surface area contributed by atoms with Crippen LogP contribution in [0.3, 0.4) is 0 Å². The topological polar surface area (TPSA) is 43.4 Å². The summed E-state index contributed by atoms with van der Waals surface area (Å²) in [5.74, 6) is 0. The molecule has 0 aromatic heterocycles.